The molecule has 0 radical (unpaired) electrons. The first-order valence-corrected chi connectivity index (χ1v) is 5.93. The highest BCUT2D eigenvalue weighted by Crippen LogP contribution is 2.27. The van der Waals surface area contributed by atoms with Gasteiger partial charge in [-0.1, -0.05) is 23.5 Å². The van der Waals surface area contributed by atoms with Crippen molar-refractivity contribution in [2.24, 2.45) is 4.99 Å². The average molecular weight is 262 g/mol. The van der Waals surface area contributed by atoms with Crippen LogP contribution in [0.1, 0.15) is 4.88 Å². The highest BCUT2D eigenvalue weighted by Gasteiger charge is 2.08. The summed E-state index contributed by atoms with van der Waals surface area (Å²) in [7, 11) is 1.57. The molecule has 0 saturated heterocycles. The van der Waals surface area contributed by atoms with Crippen LogP contribution in [0.5, 0.6) is 5.75 Å². The summed E-state index contributed by atoms with van der Waals surface area (Å²) < 4.78 is 5.16. The van der Waals surface area contributed by atoms with E-state index >= 15 is 0 Å². The van der Waals surface area contributed by atoms with Crippen molar-refractivity contribution >= 4 is 28.2 Å². The minimum absolute atomic E-state index is 0.108. The lowest BCUT2D eigenvalue weighted by molar-refractivity contribution is -0.380. The standard InChI is InChI=1S/C12H10N2O3S/c1-17-11-5-3-2-4-10(11)13-8-9-6-7-12(18-9)14(15)16/h2-8H,1H3. The lowest BCUT2D eigenvalue weighted by atomic mass is 10.3. The average Bonchev–Trinajstić information content (AvgIpc) is 2.85. The van der Waals surface area contributed by atoms with Gasteiger partial charge in [0.05, 0.1) is 16.9 Å². The molecule has 1 heterocycles. The summed E-state index contributed by atoms with van der Waals surface area (Å²) in [6.45, 7) is 0. The molecule has 2 aromatic rings. The van der Waals surface area contributed by atoms with Crippen LogP contribution in [0, 0.1) is 10.1 Å². The SMILES string of the molecule is COc1ccccc1N=Cc1ccc([N+](=O)[O-])s1. The number of hydrogen-bond donors (Lipinski definition) is 0. The molecule has 0 spiro atoms. The van der Waals surface area contributed by atoms with E-state index in [0.717, 1.165) is 16.2 Å². The van der Waals surface area contributed by atoms with Gasteiger partial charge < -0.3 is 4.74 Å². The van der Waals surface area contributed by atoms with E-state index in [4.69, 9.17) is 4.74 Å². The van der Waals surface area contributed by atoms with Crippen LogP contribution in [0.4, 0.5) is 10.7 Å². The van der Waals surface area contributed by atoms with Crippen LogP contribution < -0.4 is 4.74 Å². The summed E-state index contributed by atoms with van der Waals surface area (Å²) in [5.41, 5.74) is 0.691. The van der Waals surface area contributed by atoms with Gasteiger partial charge in [0.25, 0.3) is 0 Å². The molecular weight excluding hydrogens is 252 g/mol. The van der Waals surface area contributed by atoms with Gasteiger partial charge in [-0.25, -0.2) is 0 Å². The number of nitro groups is 1. The maximum atomic E-state index is 10.5. The van der Waals surface area contributed by atoms with Crippen molar-refractivity contribution in [2.75, 3.05) is 7.11 Å². The molecule has 1 aromatic carbocycles. The lowest BCUT2D eigenvalue weighted by Gasteiger charge is -2.01. The topological polar surface area (TPSA) is 64.7 Å². The Morgan fingerprint density at radius 1 is 1.33 bits per heavy atom. The molecule has 0 atom stereocenters. The molecule has 0 bridgehead atoms. The van der Waals surface area contributed by atoms with Gasteiger partial charge in [-0.2, -0.15) is 0 Å². The number of methoxy groups -OCH3 is 1. The second kappa shape index (κ2) is 5.42. The number of nitrogens with zero attached hydrogens (tertiary/aromatic N) is 2. The molecular formula is C12H10N2O3S. The van der Waals surface area contributed by atoms with Crippen molar-refractivity contribution in [3.63, 3.8) is 0 Å². The molecule has 0 N–H and O–H groups in total. The second-order valence-corrected chi connectivity index (χ2v) is 4.46. The summed E-state index contributed by atoms with van der Waals surface area (Å²) in [6, 6.07) is 10.5. The van der Waals surface area contributed by atoms with Crippen molar-refractivity contribution in [3.05, 3.63) is 51.4 Å². The van der Waals surface area contributed by atoms with Crippen molar-refractivity contribution in [1.82, 2.24) is 0 Å². The third kappa shape index (κ3) is 2.72. The summed E-state index contributed by atoms with van der Waals surface area (Å²) in [5, 5.41) is 10.6. The first-order chi connectivity index (χ1) is 8.70. The van der Waals surface area contributed by atoms with Crippen LogP contribution in [0.2, 0.25) is 0 Å². The Bertz CT molecular complexity index is 593. The minimum Gasteiger partial charge on any atom is -0.494 e. The first kappa shape index (κ1) is 12.3. The second-order valence-electron chi connectivity index (χ2n) is 3.36. The molecule has 0 aliphatic heterocycles. The van der Waals surface area contributed by atoms with Gasteiger partial charge in [0.2, 0.25) is 0 Å². The Hall–Kier alpha value is -2.21. The number of hydrogen-bond acceptors (Lipinski definition) is 5. The predicted octanol–water partition coefficient (Wildman–Crippen LogP) is 3.42. The molecule has 2 rings (SSSR count). The number of ether oxygens (including phenoxy) is 1. The van der Waals surface area contributed by atoms with Crippen LogP contribution >= 0.6 is 11.3 Å². The number of benzene rings is 1. The molecule has 0 fully saturated rings. The molecule has 18 heavy (non-hydrogen) atoms. The molecule has 6 heteroatoms. The number of rotatable bonds is 4. The van der Waals surface area contributed by atoms with Gasteiger partial charge in [-0.05, 0) is 18.2 Å². The predicted molar refractivity (Wildman–Crippen MR) is 71.2 cm³/mol. The fourth-order valence-corrected chi connectivity index (χ4v) is 2.07. The zero-order valence-electron chi connectivity index (χ0n) is 9.57. The number of thiophene rings is 1. The zero-order chi connectivity index (χ0) is 13.0. The fourth-order valence-electron chi connectivity index (χ4n) is 1.38. The Morgan fingerprint density at radius 2 is 2.11 bits per heavy atom. The normalized spacial score (nSPS) is 10.7. The molecule has 0 amide bonds. The van der Waals surface area contributed by atoms with Crippen LogP contribution in [-0.2, 0) is 0 Å². The number of para-hydroxylation sites is 2. The van der Waals surface area contributed by atoms with E-state index in [1.54, 1.807) is 19.4 Å². The van der Waals surface area contributed by atoms with Gasteiger partial charge in [-0.3, -0.25) is 15.1 Å². The van der Waals surface area contributed by atoms with Crippen molar-refractivity contribution in [1.29, 1.82) is 0 Å². The maximum Gasteiger partial charge on any atom is 0.324 e. The highest BCUT2D eigenvalue weighted by atomic mass is 32.1. The summed E-state index contributed by atoms with van der Waals surface area (Å²) in [5.74, 6) is 0.666. The van der Waals surface area contributed by atoms with Gasteiger partial charge in [0.1, 0.15) is 11.4 Å². The molecule has 0 unspecified atom stereocenters. The third-order valence-corrected chi connectivity index (χ3v) is 3.18. The highest BCUT2D eigenvalue weighted by molar-refractivity contribution is 7.16. The van der Waals surface area contributed by atoms with Crippen molar-refractivity contribution in [3.8, 4) is 5.75 Å². The van der Waals surface area contributed by atoms with Crippen LogP contribution in [0.15, 0.2) is 41.4 Å². The summed E-state index contributed by atoms with van der Waals surface area (Å²) >= 11 is 1.08. The van der Waals surface area contributed by atoms with Gasteiger partial charge in [0, 0.05) is 12.3 Å². The van der Waals surface area contributed by atoms with E-state index in [9.17, 15) is 10.1 Å². The Balaban J connectivity index is 2.21. The van der Waals surface area contributed by atoms with E-state index in [-0.39, 0.29) is 5.00 Å². The fraction of sp³-hybridized carbons (Fsp3) is 0.0833. The van der Waals surface area contributed by atoms with Crippen LogP contribution in [0.3, 0.4) is 0 Å². The van der Waals surface area contributed by atoms with Crippen LogP contribution in [-0.4, -0.2) is 18.2 Å². The van der Waals surface area contributed by atoms with E-state index in [1.807, 2.05) is 24.3 Å². The molecule has 0 aliphatic rings. The lowest BCUT2D eigenvalue weighted by Crippen LogP contribution is -1.82. The molecule has 92 valence electrons. The monoisotopic (exact) mass is 262 g/mol. The van der Waals surface area contributed by atoms with E-state index < -0.39 is 4.92 Å². The first-order valence-electron chi connectivity index (χ1n) is 5.12. The quantitative estimate of drug-likeness (QED) is 0.481. The van der Waals surface area contributed by atoms with E-state index in [1.165, 1.54) is 6.07 Å². The van der Waals surface area contributed by atoms with Gasteiger partial charge in [0.15, 0.2) is 0 Å². The molecule has 5 nitrogen and oxygen atoms in total. The minimum atomic E-state index is -0.412. The molecule has 0 saturated carbocycles. The molecule has 1 aromatic heterocycles. The van der Waals surface area contributed by atoms with Gasteiger partial charge in [-0.15, -0.1) is 0 Å². The molecule has 0 aliphatic carbocycles. The summed E-state index contributed by atoms with van der Waals surface area (Å²) in [6.07, 6.45) is 1.59. The summed E-state index contributed by atoms with van der Waals surface area (Å²) in [4.78, 5) is 15.1. The number of aliphatic imine (C=N–C) groups is 1. The maximum absolute atomic E-state index is 10.5. The van der Waals surface area contributed by atoms with Gasteiger partial charge >= 0.3 is 5.00 Å². The Kier molecular flexibility index (Phi) is 3.69. The van der Waals surface area contributed by atoms with Crippen molar-refractivity contribution < 1.29 is 9.66 Å². The van der Waals surface area contributed by atoms with E-state index in [2.05, 4.69) is 4.99 Å². The Labute approximate surface area is 108 Å². The van der Waals surface area contributed by atoms with E-state index in [0.29, 0.717) is 11.4 Å². The largest absolute Gasteiger partial charge is 0.494 e. The third-order valence-electron chi connectivity index (χ3n) is 2.21. The Morgan fingerprint density at radius 3 is 2.78 bits per heavy atom. The zero-order valence-corrected chi connectivity index (χ0v) is 10.4. The smallest absolute Gasteiger partial charge is 0.324 e. The van der Waals surface area contributed by atoms with Crippen LogP contribution in [0.25, 0.3) is 0 Å². The van der Waals surface area contributed by atoms with Crippen molar-refractivity contribution in [2.45, 2.75) is 0 Å².